The molecule has 0 N–H and O–H groups in total. The highest BCUT2D eigenvalue weighted by molar-refractivity contribution is 6.04. The van der Waals surface area contributed by atoms with Gasteiger partial charge in [-0.15, -0.1) is 0 Å². The molecule has 0 radical (unpaired) electrons. The Morgan fingerprint density at radius 2 is 0.711 bits per heavy atom. The van der Waals surface area contributed by atoms with Crippen LogP contribution in [-0.4, -0.2) is 91.6 Å². The minimum Gasteiger partial charge on any atom is -0.456 e. The van der Waals surface area contributed by atoms with Gasteiger partial charge in [0.25, 0.3) is 11.8 Å². The lowest BCUT2D eigenvalue weighted by Crippen LogP contribution is -2.44. The lowest BCUT2D eigenvalue weighted by molar-refractivity contribution is 0.0667. The number of carbonyl (C=O) groups is 2. The van der Waals surface area contributed by atoms with Crippen molar-refractivity contribution in [3.8, 4) is 23.0 Å². The highest BCUT2D eigenvalue weighted by atomic mass is 16.5. The van der Waals surface area contributed by atoms with Crippen molar-refractivity contribution in [3.05, 3.63) is 195 Å². The Labute approximate surface area is 446 Å². The van der Waals surface area contributed by atoms with Gasteiger partial charge in [0, 0.05) is 144 Å². The van der Waals surface area contributed by atoms with Crippen LogP contribution in [0.5, 0.6) is 23.0 Å². The average molecular weight is 1010 g/mol. The predicted octanol–water partition coefficient (Wildman–Crippen LogP) is 12.2. The minimum atomic E-state index is -1.18. The molecule has 2 amide bonds. The van der Waals surface area contributed by atoms with Crippen molar-refractivity contribution < 1.29 is 19.1 Å². The van der Waals surface area contributed by atoms with Crippen LogP contribution >= 0.6 is 0 Å². The standard InChI is InChI=1S/C63H65N9O4/c1-9-67(10-2)44-28-32-52-56(36-44)75-57-37-45(68(11-3)12-4)29-33-53(57)62(52)50-26-19-17-24-48(50)60(73)71(62)64-40-42-22-21-23-43(66-42)41-65-72-61(74)49-25-18-20-27-51(49)63(72)54-34-30-46(69(13-5)14-6)38-58(54)76-59-39-47(31-35-55(59)63)70(15-7)16-8/h17-41H,9-16H2,1-8H3/b64-40+,65-41+. The van der Waals surface area contributed by atoms with Gasteiger partial charge in [-0.3, -0.25) is 9.59 Å². The van der Waals surface area contributed by atoms with Gasteiger partial charge in [0.2, 0.25) is 0 Å². The quantitative estimate of drug-likeness (QED) is 0.0874. The number of ether oxygens (including phenoxy) is 2. The molecule has 13 nitrogen and oxygen atoms in total. The fourth-order valence-electron chi connectivity index (χ4n) is 12.1. The second kappa shape index (κ2) is 20.0. The van der Waals surface area contributed by atoms with Gasteiger partial charge in [-0.1, -0.05) is 66.7 Å². The van der Waals surface area contributed by atoms with E-state index in [0.29, 0.717) is 45.5 Å². The molecule has 386 valence electrons. The molecule has 6 aromatic carbocycles. The topological polar surface area (TPSA) is 110 Å². The molecule has 11 rings (SSSR count). The Balaban J connectivity index is 1.02. The number of fused-ring (bicyclic) bond motifs is 12. The van der Waals surface area contributed by atoms with Gasteiger partial charge >= 0.3 is 0 Å². The Bertz CT molecular complexity index is 3100. The van der Waals surface area contributed by atoms with Gasteiger partial charge in [0.15, 0.2) is 0 Å². The van der Waals surface area contributed by atoms with Crippen LogP contribution < -0.4 is 29.1 Å². The Morgan fingerprint density at radius 1 is 0.408 bits per heavy atom. The summed E-state index contributed by atoms with van der Waals surface area (Å²) < 4.78 is 13.8. The van der Waals surface area contributed by atoms with Crippen LogP contribution in [0.25, 0.3) is 0 Å². The molecule has 2 spiro atoms. The maximum absolute atomic E-state index is 15.0. The molecular weight excluding hydrogens is 947 g/mol. The maximum atomic E-state index is 15.0. The van der Waals surface area contributed by atoms with E-state index in [0.717, 1.165) is 108 Å². The number of aromatic nitrogens is 1. The van der Waals surface area contributed by atoms with Crippen molar-refractivity contribution >= 4 is 47.0 Å². The molecule has 0 saturated heterocycles. The molecular formula is C63H65N9O4. The summed E-state index contributed by atoms with van der Waals surface area (Å²) in [6.07, 6.45) is 3.27. The molecule has 4 aliphatic rings. The third kappa shape index (κ3) is 7.60. The van der Waals surface area contributed by atoms with E-state index < -0.39 is 11.1 Å². The fraction of sp³-hybridized carbons (Fsp3) is 0.286. The number of pyridine rings is 1. The molecule has 0 bridgehead atoms. The van der Waals surface area contributed by atoms with Gasteiger partial charge in [0.1, 0.15) is 34.1 Å². The zero-order valence-electron chi connectivity index (χ0n) is 44.7. The van der Waals surface area contributed by atoms with Gasteiger partial charge in [-0.2, -0.15) is 10.2 Å². The van der Waals surface area contributed by atoms with Crippen LogP contribution in [0.4, 0.5) is 22.7 Å². The monoisotopic (exact) mass is 1010 g/mol. The van der Waals surface area contributed by atoms with E-state index in [1.54, 1.807) is 22.4 Å². The number of amides is 2. The fourth-order valence-corrected chi connectivity index (χ4v) is 12.1. The van der Waals surface area contributed by atoms with E-state index >= 15 is 9.59 Å². The smallest absolute Gasteiger partial charge is 0.275 e. The summed E-state index contributed by atoms with van der Waals surface area (Å²) in [6, 6.07) is 46.3. The van der Waals surface area contributed by atoms with Crippen molar-refractivity contribution in [1.29, 1.82) is 0 Å². The maximum Gasteiger partial charge on any atom is 0.275 e. The Morgan fingerprint density at radius 3 is 1.01 bits per heavy atom. The summed E-state index contributed by atoms with van der Waals surface area (Å²) in [7, 11) is 0. The second-order valence-corrected chi connectivity index (χ2v) is 19.3. The van der Waals surface area contributed by atoms with Gasteiger partial charge in [0.05, 0.1) is 23.8 Å². The Kier molecular flexibility index (Phi) is 13.1. The number of benzene rings is 6. The van der Waals surface area contributed by atoms with Crippen molar-refractivity contribution in [1.82, 2.24) is 15.0 Å². The number of anilines is 4. The molecule has 0 aliphatic carbocycles. The van der Waals surface area contributed by atoms with Crippen molar-refractivity contribution in [3.63, 3.8) is 0 Å². The molecule has 0 saturated carbocycles. The van der Waals surface area contributed by atoms with E-state index in [1.165, 1.54) is 0 Å². The third-order valence-corrected chi connectivity index (χ3v) is 15.9. The van der Waals surface area contributed by atoms with E-state index in [9.17, 15) is 0 Å². The first-order valence-corrected chi connectivity index (χ1v) is 27.0. The predicted molar refractivity (Wildman–Crippen MR) is 305 cm³/mol. The third-order valence-electron chi connectivity index (χ3n) is 15.9. The second-order valence-electron chi connectivity index (χ2n) is 19.3. The molecule has 13 heteroatoms. The summed E-state index contributed by atoms with van der Waals surface area (Å²) >= 11 is 0. The van der Waals surface area contributed by atoms with Crippen molar-refractivity contribution in [2.45, 2.75) is 66.5 Å². The van der Waals surface area contributed by atoms with Crippen molar-refractivity contribution in [2.24, 2.45) is 10.2 Å². The molecule has 4 aliphatic heterocycles. The van der Waals surface area contributed by atoms with Crippen LogP contribution in [0, 0.1) is 0 Å². The first-order chi connectivity index (χ1) is 37.1. The largest absolute Gasteiger partial charge is 0.456 e. The number of carbonyl (C=O) groups excluding carboxylic acids is 2. The van der Waals surface area contributed by atoms with Crippen LogP contribution in [0.15, 0.2) is 150 Å². The van der Waals surface area contributed by atoms with Gasteiger partial charge in [-0.05, 0) is 104 Å². The first-order valence-electron chi connectivity index (χ1n) is 27.0. The van der Waals surface area contributed by atoms with Crippen molar-refractivity contribution in [2.75, 3.05) is 72.0 Å². The zero-order valence-corrected chi connectivity index (χ0v) is 44.7. The molecule has 1 aromatic heterocycles. The van der Waals surface area contributed by atoms with Crippen LogP contribution in [0.2, 0.25) is 0 Å². The number of hydrogen-bond acceptors (Lipinski definition) is 11. The molecule has 7 aromatic rings. The van der Waals surface area contributed by atoms with E-state index in [1.807, 2.05) is 66.7 Å². The normalized spacial score (nSPS) is 15.1. The molecule has 5 heterocycles. The van der Waals surface area contributed by atoms with Crippen LogP contribution in [-0.2, 0) is 11.1 Å². The number of hydrogen-bond donors (Lipinski definition) is 0. The van der Waals surface area contributed by atoms with Crippen LogP contribution in [0.3, 0.4) is 0 Å². The number of rotatable bonds is 16. The average Bonchev–Trinajstić information content (AvgIpc) is 3.96. The van der Waals surface area contributed by atoms with E-state index in [2.05, 4.69) is 148 Å². The van der Waals surface area contributed by atoms with E-state index in [4.69, 9.17) is 24.7 Å². The molecule has 0 unspecified atom stereocenters. The van der Waals surface area contributed by atoms with Crippen LogP contribution in [0.1, 0.15) is 121 Å². The lowest BCUT2D eigenvalue weighted by Gasteiger charge is -2.42. The summed E-state index contributed by atoms with van der Waals surface area (Å²) in [4.78, 5) is 44.3. The summed E-state index contributed by atoms with van der Waals surface area (Å²) in [5, 5.41) is 13.5. The summed E-state index contributed by atoms with van der Waals surface area (Å²) in [5.74, 6) is 2.16. The number of hydrazone groups is 2. The zero-order chi connectivity index (χ0) is 52.9. The molecule has 0 fully saturated rings. The van der Waals surface area contributed by atoms with Gasteiger partial charge in [-0.25, -0.2) is 15.0 Å². The lowest BCUT2D eigenvalue weighted by atomic mass is 9.75. The number of nitrogens with zero attached hydrogens (tertiary/aromatic N) is 9. The first kappa shape index (κ1) is 49.7. The highest BCUT2D eigenvalue weighted by Crippen LogP contribution is 2.60. The SMILES string of the molecule is CCN(CC)c1ccc2c(c1)Oc1cc(N(CC)CC)ccc1C21c2ccccc2C(=O)N1/N=C/c1cccc(/C=N/N2C(=O)c3ccccc3C23c2ccc(N(CC)CC)cc2Oc2cc(N(CC)CC)ccc23)n1. The molecule has 76 heavy (non-hydrogen) atoms. The Hall–Kier alpha value is -8.45. The highest BCUT2D eigenvalue weighted by Gasteiger charge is 2.59. The summed E-state index contributed by atoms with van der Waals surface area (Å²) in [5.41, 5.74) is 8.74. The van der Waals surface area contributed by atoms with E-state index in [-0.39, 0.29) is 11.8 Å². The summed E-state index contributed by atoms with van der Waals surface area (Å²) in [6.45, 7) is 23.8. The van der Waals surface area contributed by atoms with Gasteiger partial charge < -0.3 is 29.1 Å². The molecule has 0 atom stereocenters. The minimum absolute atomic E-state index is 0.244.